The van der Waals surface area contributed by atoms with Gasteiger partial charge in [-0.1, -0.05) is 71.4 Å². The van der Waals surface area contributed by atoms with Crippen molar-refractivity contribution in [1.82, 2.24) is 14.8 Å². The molecule has 0 aliphatic heterocycles. The van der Waals surface area contributed by atoms with Gasteiger partial charge in [0.25, 0.3) is 0 Å². The molecular formula is C19H18Cl2N4OS. The molecule has 1 heterocycles. The third-order valence-electron chi connectivity index (χ3n) is 3.87. The van der Waals surface area contributed by atoms with E-state index in [-0.39, 0.29) is 11.7 Å². The van der Waals surface area contributed by atoms with E-state index in [9.17, 15) is 4.79 Å². The molecule has 3 aromatic rings. The van der Waals surface area contributed by atoms with Crippen molar-refractivity contribution in [2.45, 2.75) is 25.0 Å². The van der Waals surface area contributed by atoms with Gasteiger partial charge in [0.15, 0.2) is 5.16 Å². The van der Waals surface area contributed by atoms with Gasteiger partial charge in [-0.25, -0.2) is 0 Å². The maximum absolute atomic E-state index is 12.3. The Morgan fingerprint density at radius 3 is 2.44 bits per heavy atom. The van der Waals surface area contributed by atoms with Gasteiger partial charge in [-0.2, -0.15) is 0 Å². The zero-order chi connectivity index (χ0) is 19.2. The van der Waals surface area contributed by atoms with Gasteiger partial charge in [-0.3, -0.25) is 4.79 Å². The third-order valence-corrected chi connectivity index (χ3v) is 5.47. The first-order valence-electron chi connectivity index (χ1n) is 8.41. The van der Waals surface area contributed by atoms with Crippen molar-refractivity contribution >= 4 is 46.6 Å². The molecule has 1 amide bonds. The number of nitrogens with zero attached hydrogens (tertiary/aromatic N) is 3. The monoisotopic (exact) mass is 420 g/mol. The molecule has 0 aliphatic carbocycles. The van der Waals surface area contributed by atoms with Crippen LogP contribution in [-0.2, 0) is 17.8 Å². The number of halogens is 2. The van der Waals surface area contributed by atoms with E-state index in [1.165, 1.54) is 17.3 Å². The number of para-hydroxylation sites is 1. The van der Waals surface area contributed by atoms with Gasteiger partial charge in [0, 0.05) is 13.0 Å². The molecule has 0 unspecified atom stereocenters. The normalized spacial score (nSPS) is 10.8. The zero-order valence-corrected chi connectivity index (χ0v) is 17.0. The molecular weight excluding hydrogens is 403 g/mol. The van der Waals surface area contributed by atoms with E-state index in [0.717, 1.165) is 12.4 Å². The SMILES string of the molecule is CCn1c(Cc2ccccc2)nnc1SCC(=O)Nc1c(Cl)cccc1Cl. The van der Waals surface area contributed by atoms with E-state index in [1.807, 2.05) is 29.7 Å². The average Bonchev–Trinajstić information content (AvgIpc) is 3.05. The highest BCUT2D eigenvalue weighted by atomic mass is 35.5. The number of hydrogen-bond donors (Lipinski definition) is 1. The van der Waals surface area contributed by atoms with E-state index in [4.69, 9.17) is 23.2 Å². The summed E-state index contributed by atoms with van der Waals surface area (Å²) in [5.41, 5.74) is 1.59. The highest BCUT2D eigenvalue weighted by molar-refractivity contribution is 7.99. The summed E-state index contributed by atoms with van der Waals surface area (Å²) < 4.78 is 2.02. The molecule has 0 radical (unpaired) electrons. The Labute approximate surface area is 172 Å². The fourth-order valence-corrected chi connectivity index (χ4v) is 3.89. The van der Waals surface area contributed by atoms with E-state index < -0.39 is 0 Å². The van der Waals surface area contributed by atoms with E-state index in [2.05, 4.69) is 27.6 Å². The lowest BCUT2D eigenvalue weighted by Crippen LogP contribution is -2.15. The molecule has 0 fully saturated rings. The minimum Gasteiger partial charge on any atom is -0.323 e. The Morgan fingerprint density at radius 1 is 1.07 bits per heavy atom. The maximum Gasteiger partial charge on any atom is 0.234 e. The molecule has 0 aliphatic rings. The minimum absolute atomic E-state index is 0.186. The summed E-state index contributed by atoms with van der Waals surface area (Å²) in [6.45, 7) is 2.76. The lowest BCUT2D eigenvalue weighted by atomic mass is 10.1. The summed E-state index contributed by atoms with van der Waals surface area (Å²) in [4.78, 5) is 12.3. The number of thioether (sulfide) groups is 1. The highest BCUT2D eigenvalue weighted by Crippen LogP contribution is 2.30. The van der Waals surface area contributed by atoms with E-state index in [0.29, 0.717) is 27.3 Å². The standard InChI is InChI=1S/C19H18Cl2N4OS/c1-2-25-16(11-13-7-4-3-5-8-13)23-24-19(25)27-12-17(26)22-18-14(20)9-6-10-15(18)21/h3-10H,2,11-12H2,1H3,(H,22,26). The number of benzene rings is 2. The van der Waals surface area contributed by atoms with Gasteiger partial charge in [-0.15, -0.1) is 10.2 Å². The molecule has 2 aromatic carbocycles. The number of anilines is 1. The van der Waals surface area contributed by atoms with Crippen LogP contribution in [0.2, 0.25) is 10.0 Å². The zero-order valence-electron chi connectivity index (χ0n) is 14.7. The summed E-state index contributed by atoms with van der Waals surface area (Å²) in [5.74, 6) is 0.858. The Morgan fingerprint density at radius 2 is 1.78 bits per heavy atom. The van der Waals surface area contributed by atoms with Crippen LogP contribution in [-0.4, -0.2) is 26.4 Å². The molecule has 3 rings (SSSR count). The molecule has 1 aromatic heterocycles. The van der Waals surface area contributed by atoms with Crippen LogP contribution in [0.25, 0.3) is 0 Å². The van der Waals surface area contributed by atoms with Crippen LogP contribution in [0.15, 0.2) is 53.7 Å². The Hall–Kier alpha value is -2.02. The number of aromatic nitrogens is 3. The molecule has 0 saturated heterocycles. The van der Waals surface area contributed by atoms with Gasteiger partial charge in [-0.05, 0) is 24.6 Å². The largest absolute Gasteiger partial charge is 0.323 e. The van der Waals surface area contributed by atoms with Crippen LogP contribution in [0.3, 0.4) is 0 Å². The second-order valence-electron chi connectivity index (χ2n) is 5.74. The quantitative estimate of drug-likeness (QED) is 0.550. The van der Waals surface area contributed by atoms with E-state index >= 15 is 0 Å². The first-order chi connectivity index (χ1) is 13.1. The number of carbonyl (C=O) groups excluding carboxylic acids is 1. The molecule has 0 saturated carbocycles. The third kappa shape index (κ3) is 5.03. The summed E-state index contributed by atoms with van der Waals surface area (Å²) in [5, 5.41) is 12.8. The van der Waals surface area contributed by atoms with Gasteiger partial charge in [0.1, 0.15) is 5.82 Å². The second kappa shape index (κ2) is 9.26. The summed E-state index contributed by atoms with van der Waals surface area (Å²) in [6, 6.07) is 15.2. The summed E-state index contributed by atoms with van der Waals surface area (Å²) >= 11 is 13.5. The number of rotatable bonds is 7. The van der Waals surface area contributed by atoms with Crippen LogP contribution in [0.4, 0.5) is 5.69 Å². The van der Waals surface area contributed by atoms with Crippen molar-refractivity contribution < 1.29 is 4.79 Å². The van der Waals surface area contributed by atoms with Crippen molar-refractivity contribution in [3.05, 3.63) is 70.0 Å². The van der Waals surface area contributed by atoms with Crippen LogP contribution in [0.5, 0.6) is 0 Å². The Balaban J connectivity index is 1.65. The van der Waals surface area contributed by atoms with Gasteiger partial charge < -0.3 is 9.88 Å². The van der Waals surface area contributed by atoms with Crippen molar-refractivity contribution in [3.63, 3.8) is 0 Å². The Kier molecular flexibility index (Phi) is 6.77. The van der Waals surface area contributed by atoms with Gasteiger partial charge in [0.2, 0.25) is 5.91 Å². The van der Waals surface area contributed by atoms with Gasteiger partial charge >= 0.3 is 0 Å². The molecule has 27 heavy (non-hydrogen) atoms. The number of amides is 1. The summed E-state index contributed by atoms with van der Waals surface area (Å²) in [6.07, 6.45) is 0.698. The first kappa shape index (κ1) is 19.7. The fourth-order valence-electron chi connectivity index (χ4n) is 2.58. The Bertz CT molecular complexity index is 910. The lowest BCUT2D eigenvalue weighted by Gasteiger charge is -2.09. The van der Waals surface area contributed by atoms with Crippen molar-refractivity contribution in [3.8, 4) is 0 Å². The predicted molar refractivity (Wildman–Crippen MR) is 111 cm³/mol. The summed E-state index contributed by atoms with van der Waals surface area (Å²) in [7, 11) is 0. The van der Waals surface area contributed by atoms with Crippen molar-refractivity contribution in [2.24, 2.45) is 0 Å². The molecule has 140 valence electrons. The minimum atomic E-state index is -0.203. The topological polar surface area (TPSA) is 59.8 Å². The lowest BCUT2D eigenvalue weighted by molar-refractivity contribution is -0.113. The molecule has 0 bridgehead atoms. The van der Waals surface area contributed by atoms with Crippen LogP contribution in [0, 0.1) is 0 Å². The van der Waals surface area contributed by atoms with Gasteiger partial charge in [0.05, 0.1) is 21.5 Å². The fraction of sp³-hybridized carbons (Fsp3) is 0.211. The molecule has 1 N–H and O–H groups in total. The molecule has 0 spiro atoms. The maximum atomic E-state index is 12.3. The second-order valence-corrected chi connectivity index (χ2v) is 7.50. The first-order valence-corrected chi connectivity index (χ1v) is 10.1. The average molecular weight is 421 g/mol. The molecule has 0 atom stereocenters. The number of nitrogens with one attached hydrogen (secondary N) is 1. The number of carbonyl (C=O) groups is 1. The van der Waals surface area contributed by atoms with Crippen LogP contribution >= 0.6 is 35.0 Å². The predicted octanol–water partition coefficient (Wildman–Crippen LogP) is 4.93. The van der Waals surface area contributed by atoms with Crippen LogP contribution < -0.4 is 5.32 Å². The van der Waals surface area contributed by atoms with Crippen molar-refractivity contribution in [2.75, 3.05) is 11.1 Å². The van der Waals surface area contributed by atoms with Crippen LogP contribution in [0.1, 0.15) is 18.3 Å². The number of hydrogen-bond acceptors (Lipinski definition) is 4. The smallest absolute Gasteiger partial charge is 0.234 e. The highest BCUT2D eigenvalue weighted by Gasteiger charge is 2.15. The molecule has 5 nitrogen and oxygen atoms in total. The van der Waals surface area contributed by atoms with Crippen molar-refractivity contribution in [1.29, 1.82) is 0 Å². The molecule has 8 heteroatoms. The van der Waals surface area contributed by atoms with E-state index in [1.54, 1.807) is 18.2 Å².